The maximum atomic E-state index is 13.0. The molecule has 2 atom stereocenters. The molecule has 3 N–H and O–H groups in total. The van der Waals surface area contributed by atoms with Gasteiger partial charge in [-0.25, -0.2) is 4.98 Å². The Morgan fingerprint density at radius 3 is 2.38 bits per heavy atom. The molecular weight excluding hydrogens is 525 g/mol. The highest BCUT2D eigenvalue weighted by Gasteiger charge is 2.27. The van der Waals surface area contributed by atoms with E-state index < -0.39 is 24.7 Å². The van der Waals surface area contributed by atoms with Crippen LogP contribution in [0.25, 0.3) is 0 Å². The first-order valence-corrected chi connectivity index (χ1v) is 12.6. The highest BCUT2D eigenvalue weighted by Crippen LogP contribution is 2.37. The number of pyridine rings is 1. The van der Waals surface area contributed by atoms with E-state index in [9.17, 15) is 13.6 Å². The largest absolute Gasteiger partial charge is 0.489 e. The van der Waals surface area contributed by atoms with Crippen LogP contribution < -0.4 is 20.2 Å². The van der Waals surface area contributed by atoms with Crippen LogP contribution in [-0.4, -0.2) is 25.2 Å². The number of ether oxygens (including phenoxy) is 3. The van der Waals surface area contributed by atoms with E-state index in [1.165, 1.54) is 12.1 Å². The lowest BCUT2D eigenvalue weighted by Crippen LogP contribution is -2.35. The molecule has 0 spiro atoms. The fourth-order valence-corrected chi connectivity index (χ4v) is 4.32. The summed E-state index contributed by atoms with van der Waals surface area (Å²) in [6.07, 6.45) is 4.69. The Hall–Kier alpha value is -2.94. The molecule has 10 heteroatoms. The van der Waals surface area contributed by atoms with Gasteiger partial charge in [-0.3, -0.25) is 4.79 Å². The number of nitrogens with two attached hydrogens (primary N) is 1. The van der Waals surface area contributed by atoms with Crippen molar-refractivity contribution in [2.24, 2.45) is 11.7 Å². The van der Waals surface area contributed by atoms with Crippen molar-refractivity contribution >= 4 is 29.2 Å². The molecule has 0 aliphatic heterocycles. The summed E-state index contributed by atoms with van der Waals surface area (Å²) in [7, 11) is 0. The summed E-state index contributed by atoms with van der Waals surface area (Å²) in [5, 5.41) is 0.704. The molecule has 37 heavy (non-hydrogen) atoms. The first kappa shape index (κ1) is 27.1. The maximum absolute atomic E-state index is 13.0. The number of benzene rings is 2. The molecule has 0 bridgehead atoms. The van der Waals surface area contributed by atoms with Gasteiger partial charge in [-0.15, -0.1) is 0 Å². The van der Waals surface area contributed by atoms with Gasteiger partial charge in [-0.05, 0) is 48.4 Å². The molecule has 1 heterocycles. The third-order valence-corrected chi connectivity index (χ3v) is 6.65. The van der Waals surface area contributed by atoms with Crippen LogP contribution in [0, 0.1) is 5.92 Å². The second-order valence-corrected chi connectivity index (χ2v) is 9.71. The van der Waals surface area contributed by atoms with Gasteiger partial charge in [0.15, 0.2) is 23.9 Å². The van der Waals surface area contributed by atoms with E-state index in [0.29, 0.717) is 33.7 Å². The van der Waals surface area contributed by atoms with Gasteiger partial charge in [0.2, 0.25) is 0 Å². The van der Waals surface area contributed by atoms with Crippen molar-refractivity contribution in [2.75, 3.05) is 6.61 Å². The molecule has 1 aliphatic carbocycles. The highest BCUT2D eigenvalue weighted by molar-refractivity contribution is 6.35. The molecule has 2 aromatic carbocycles. The number of hydrogen-bond acceptors (Lipinski definition) is 5. The first-order valence-electron chi connectivity index (χ1n) is 11.9. The topological polar surface area (TPSA) is 84.9 Å². The number of esters is 1. The summed E-state index contributed by atoms with van der Waals surface area (Å²) in [4.78, 5) is 15.9. The van der Waals surface area contributed by atoms with Crippen LogP contribution in [0.1, 0.15) is 35.6 Å². The molecule has 1 saturated carbocycles. The predicted octanol–water partition coefficient (Wildman–Crippen LogP) is 5.59. The number of aromatic nitrogens is 1. The molecule has 1 fully saturated rings. The molecule has 0 amide bonds. The van der Waals surface area contributed by atoms with Crippen molar-refractivity contribution in [3.63, 3.8) is 0 Å². The molecule has 0 unspecified atom stereocenters. The Labute approximate surface area is 223 Å². The highest BCUT2D eigenvalue weighted by atomic mass is 35.5. The van der Waals surface area contributed by atoms with E-state index in [0.717, 1.165) is 18.4 Å². The molecular formula is C27H27Cl2F2N2O4+. The predicted molar refractivity (Wildman–Crippen MR) is 135 cm³/mol. The van der Waals surface area contributed by atoms with Crippen LogP contribution in [0.4, 0.5) is 8.78 Å². The van der Waals surface area contributed by atoms with Crippen LogP contribution in [0.2, 0.25) is 10.0 Å². The fourth-order valence-electron chi connectivity index (χ4n) is 3.79. The van der Waals surface area contributed by atoms with E-state index in [-0.39, 0.29) is 24.3 Å². The lowest BCUT2D eigenvalue weighted by molar-refractivity contribution is -0.377. The Morgan fingerprint density at radius 2 is 1.73 bits per heavy atom. The molecule has 0 saturated heterocycles. The number of H-pyrrole nitrogens is 1. The number of aromatic amines is 1. The maximum Gasteiger partial charge on any atom is 0.387 e. The molecule has 1 aliphatic rings. The van der Waals surface area contributed by atoms with E-state index in [1.807, 2.05) is 30.3 Å². The number of nitrogens with one attached hydrogen (secondary N) is 1. The van der Waals surface area contributed by atoms with Crippen LogP contribution in [0.15, 0.2) is 60.9 Å². The van der Waals surface area contributed by atoms with Gasteiger partial charge in [0, 0.05) is 12.0 Å². The first-order chi connectivity index (χ1) is 17.8. The van der Waals surface area contributed by atoms with Crippen LogP contribution in [-0.2, 0) is 22.4 Å². The summed E-state index contributed by atoms with van der Waals surface area (Å²) in [5.41, 5.74) is 8.09. The molecule has 3 aromatic rings. The van der Waals surface area contributed by atoms with Gasteiger partial charge in [-0.1, -0.05) is 59.6 Å². The zero-order valence-electron chi connectivity index (χ0n) is 19.8. The second kappa shape index (κ2) is 12.5. The fraction of sp³-hybridized carbons (Fsp3) is 0.333. The third-order valence-electron chi connectivity index (χ3n) is 5.97. The Morgan fingerprint density at radius 1 is 1.03 bits per heavy atom. The molecule has 4 rings (SSSR count). The number of carbonyl (C=O) groups excluding carboxylic acids is 1. The second-order valence-electron chi connectivity index (χ2n) is 8.89. The summed E-state index contributed by atoms with van der Waals surface area (Å²) >= 11 is 12.7. The number of alkyl halides is 2. The zero-order chi connectivity index (χ0) is 26.4. The Balaban J connectivity index is 1.61. The van der Waals surface area contributed by atoms with Gasteiger partial charge in [0.1, 0.15) is 22.2 Å². The molecule has 1 aromatic heterocycles. The van der Waals surface area contributed by atoms with E-state index in [1.54, 1.807) is 18.5 Å². The van der Waals surface area contributed by atoms with Crippen molar-refractivity contribution in [1.82, 2.24) is 0 Å². The van der Waals surface area contributed by atoms with E-state index >= 15 is 0 Å². The summed E-state index contributed by atoms with van der Waals surface area (Å²) < 4.78 is 42.3. The minimum atomic E-state index is -3.02. The molecule has 0 radical (unpaired) electrons. The Kier molecular flexibility index (Phi) is 9.18. The number of rotatable bonds is 12. The number of hydrogen-bond donors (Lipinski definition) is 1. The van der Waals surface area contributed by atoms with Crippen molar-refractivity contribution in [1.29, 1.82) is 0 Å². The van der Waals surface area contributed by atoms with Crippen LogP contribution >= 0.6 is 23.2 Å². The van der Waals surface area contributed by atoms with E-state index in [4.69, 9.17) is 38.4 Å². The van der Waals surface area contributed by atoms with Crippen molar-refractivity contribution in [2.45, 2.75) is 44.4 Å². The van der Waals surface area contributed by atoms with Crippen LogP contribution in [0.5, 0.6) is 11.5 Å². The van der Waals surface area contributed by atoms with Crippen molar-refractivity contribution < 1.29 is 32.8 Å². The minimum Gasteiger partial charge on any atom is -0.489 e. The SMILES string of the molecule is N[C@H](Cc1ccccc1)C(=O)O[C@@H](Cc1c(Cl)c[nH+]cc1Cl)c1ccc(OC(F)F)c(OCC2CC2)c1. The zero-order valence-corrected chi connectivity index (χ0v) is 21.4. The summed E-state index contributed by atoms with van der Waals surface area (Å²) in [6, 6.07) is 12.9. The van der Waals surface area contributed by atoms with Gasteiger partial charge >= 0.3 is 12.6 Å². The normalized spacial score (nSPS) is 14.8. The van der Waals surface area contributed by atoms with Crippen molar-refractivity contribution in [3.05, 3.63) is 87.7 Å². The van der Waals surface area contributed by atoms with E-state index in [2.05, 4.69) is 9.72 Å². The minimum absolute atomic E-state index is 0.101. The summed E-state index contributed by atoms with van der Waals surface area (Å²) in [6.45, 7) is -2.64. The number of halogens is 4. The van der Waals surface area contributed by atoms with Gasteiger partial charge in [0.05, 0.1) is 6.61 Å². The number of carbonyl (C=O) groups is 1. The van der Waals surface area contributed by atoms with Crippen LogP contribution in [0.3, 0.4) is 0 Å². The third kappa shape index (κ3) is 7.77. The monoisotopic (exact) mass is 551 g/mol. The van der Waals surface area contributed by atoms with Gasteiger partial charge in [0.25, 0.3) is 0 Å². The quantitative estimate of drug-likeness (QED) is 0.296. The summed E-state index contributed by atoms with van der Waals surface area (Å²) in [5.74, 6) is -0.212. The van der Waals surface area contributed by atoms with Gasteiger partial charge < -0.3 is 19.9 Å². The van der Waals surface area contributed by atoms with Gasteiger partial charge in [-0.2, -0.15) is 8.78 Å². The molecule has 196 valence electrons. The lowest BCUT2D eigenvalue weighted by Gasteiger charge is -2.23. The average Bonchev–Trinajstić information content (AvgIpc) is 3.70. The molecule has 6 nitrogen and oxygen atoms in total. The average molecular weight is 552 g/mol. The smallest absolute Gasteiger partial charge is 0.387 e. The van der Waals surface area contributed by atoms with Crippen molar-refractivity contribution in [3.8, 4) is 11.5 Å². The standard InChI is InChI=1S/C27H26Cl2F2N2O4/c28-20-13-33-14-21(29)19(20)12-24(36-26(34)22(32)10-16-4-2-1-3-5-16)18-8-9-23(37-27(30)31)25(11-18)35-15-17-6-7-17/h1-5,8-9,11,13-14,17,22,24,27H,6-7,10,12,15,32H2/p+1/t22-,24+/m1/s1. The Bertz CT molecular complexity index is 1190. The lowest BCUT2D eigenvalue weighted by atomic mass is 10.0.